The standard InChI is InChI=1S/C19H25NO3/c1-14-5-3-6-16(15(14)2)12-20-8-10-22-13-17(20)11-18(21)19-7-4-9-23-19/h3-7,9,17-18,21H,8,10-13H2,1-2H3. The molecule has 1 aromatic heterocycles. The van der Waals surface area contributed by atoms with Gasteiger partial charge in [0.05, 0.1) is 19.5 Å². The Kier molecular flexibility index (Phi) is 5.16. The number of ether oxygens (including phenoxy) is 1. The highest BCUT2D eigenvalue weighted by atomic mass is 16.5. The van der Waals surface area contributed by atoms with Crippen molar-refractivity contribution in [1.29, 1.82) is 0 Å². The third-order valence-corrected chi connectivity index (χ3v) is 4.81. The van der Waals surface area contributed by atoms with Gasteiger partial charge >= 0.3 is 0 Å². The summed E-state index contributed by atoms with van der Waals surface area (Å²) in [5.74, 6) is 0.627. The minimum absolute atomic E-state index is 0.198. The number of morpholine rings is 1. The number of benzene rings is 1. The Morgan fingerprint density at radius 2 is 2.13 bits per heavy atom. The Hall–Kier alpha value is -1.62. The van der Waals surface area contributed by atoms with Gasteiger partial charge in [-0.2, -0.15) is 0 Å². The lowest BCUT2D eigenvalue weighted by Crippen LogP contribution is -2.45. The molecule has 1 fully saturated rings. The molecule has 124 valence electrons. The molecular formula is C19H25NO3. The van der Waals surface area contributed by atoms with Gasteiger partial charge in [-0.05, 0) is 49.1 Å². The summed E-state index contributed by atoms with van der Waals surface area (Å²) in [4.78, 5) is 2.41. The lowest BCUT2D eigenvalue weighted by molar-refractivity contribution is -0.0323. The van der Waals surface area contributed by atoms with E-state index in [1.54, 1.807) is 6.26 Å². The molecule has 0 aliphatic carbocycles. The highest BCUT2D eigenvalue weighted by Crippen LogP contribution is 2.25. The van der Waals surface area contributed by atoms with E-state index in [0.29, 0.717) is 18.8 Å². The van der Waals surface area contributed by atoms with Gasteiger partial charge < -0.3 is 14.3 Å². The number of hydrogen-bond acceptors (Lipinski definition) is 4. The molecule has 4 nitrogen and oxygen atoms in total. The Bertz CT molecular complexity index is 624. The van der Waals surface area contributed by atoms with Gasteiger partial charge in [0, 0.05) is 19.1 Å². The second kappa shape index (κ2) is 7.30. The highest BCUT2D eigenvalue weighted by molar-refractivity contribution is 5.33. The van der Waals surface area contributed by atoms with Gasteiger partial charge in [0.1, 0.15) is 11.9 Å². The molecule has 0 bridgehead atoms. The molecule has 1 aliphatic heterocycles. The molecule has 3 rings (SSSR count). The van der Waals surface area contributed by atoms with Crippen LogP contribution in [-0.2, 0) is 11.3 Å². The Morgan fingerprint density at radius 1 is 1.26 bits per heavy atom. The summed E-state index contributed by atoms with van der Waals surface area (Å²) >= 11 is 0. The van der Waals surface area contributed by atoms with E-state index in [9.17, 15) is 5.11 Å². The van der Waals surface area contributed by atoms with Crippen molar-refractivity contribution in [3.05, 3.63) is 59.0 Å². The molecule has 4 heteroatoms. The topological polar surface area (TPSA) is 45.8 Å². The predicted octanol–water partition coefficient (Wildman–Crippen LogP) is 3.22. The Labute approximate surface area is 137 Å². The van der Waals surface area contributed by atoms with Gasteiger partial charge in [-0.3, -0.25) is 4.90 Å². The minimum Gasteiger partial charge on any atom is -0.467 e. The van der Waals surface area contributed by atoms with Crippen molar-refractivity contribution in [2.24, 2.45) is 0 Å². The van der Waals surface area contributed by atoms with E-state index >= 15 is 0 Å². The van der Waals surface area contributed by atoms with E-state index in [1.165, 1.54) is 16.7 Å². The van der Waals surface area contributed by atoms with E-state index in [-0.39, 0.29) is 6.04 Å². The lowest BCUT2D eigenvalue weighted by atomic mass is 10.0. The second-order valence-corrected chi connectivity index (χ2v) is 6.33. The lowest BCUT2D eigenvalue weighted by Gasteiger charge is -2.36. The first-order valence-corrected chi connectivity index (χ1v) is 8.23. The molecule has 0 spiro atoms. The molecule has 2 unspecified atom stereocenters. The van der Waals surface area contributed by atoms with Crippen LogP contribution in [0.25, 0.3) is 0 Å². The summed E-state index contributed by atoms with van der Waals surface area (Å²) < 4.78 is 11.0. The molecule has 1 aromatic carbocycles. The van der Waals surface area contributed by atoms with Crippen molar-refractivity contribution >= 4 is 0 Å². The first kappa shape index (κ1) is 16.2. The fourth-order valence-electron chi connectivity index (χ4n) is 3.17. The number of nitrogens with zero attached hydrogens (tertiary/aromatic N) is 1. The van der Waals surface area contributed by atoms with Crippen molar-refractivity contribution in [1.82, 2.24) is 4.90 Å². The number of hydrogen-bond donors (Lipinski definition) is 1. The van der Waals surface area contributed by atoms with Crippen LogP contribution in [0.1, 0.15) is 35.0 Å². The van der Waals surface area contributed by atoms with Crippen molar-refractivity contribution in [3.63, 3.8) is 0 Å². The smallest absolute Gasteiger partial charge is 0.132 e. The number of aliphatic hydroxyl groups is 1. The maximum absolute atomic E-state index is 10.4. The van der Waals surface area contributed by atoms with Crippen LogP contribution in [-0.4, -0.2) is 35.8 Å². The monoisotopic (exact) mass is 315 g/mol. The Balaban J connectivity index is 1.70. The van der Waals surface area contributed by atoms with Gasteiger partial charge in [0.2, 0.25) is 0 Å². The first-order chi connectivity index (χ1) is 11.1. The predicted molar refractivity (Wildman–Crippen MR) is 89.2 cm³/mol. The molecule has 0 radical (unpaired) electrons. The summed E-state index contributed by atoms with van der Waals surface area (Å²) in [5.41, 5.74) is 4.02. The van der Waals surface area contributed by atoms with Crippen LogP contribution in [0.4, 0.5) is 0 Å². The third-order valence-electron chi connectivity index (χ3n) is 4.81. The zero-order valence-electron chi connectivity index (χ0n) is 13.9. The Morgan fingerprint density at radius 3 is 2.91 bits per heavy atom. The van der Waals surface area contributed by atoms with Crippen molar-refractivity contribution in [2.45, 2.75) is 39.0 Å². The zero-order chi connectivity index (χ0) is 16.2. The normalized spacial score (nSPS) is 20.6. The van der Waals surface area contributed by atoms with Crippen molar-refractivity contribution in [3.8, 4) is 0 Å². The molecular weight excluding hydrogens is 290 g/mol. The number of aliphatic hydroxyl groups excluding tert-OH is 1. The average molecular weight is 315 g/mol. The van der Waals surface area contributed by atoms with Crippen LogP contribution < -0.4 is 0 Å². The molecule has 2 atom stereocenters. The van der Waals surface area contributed by atoms with Crippen molar-refractivity contribution in [2.75, 3.05) is 19.8 Å². The van der Waals surface area contributed by atoms with E-state index in [2.05, 4.69) is 36.9 Å². The number of aryl methyl sites for hydroxylation is 1. The molecule has 2 aromatic rings. The van der Waals surface area contributed by atoms with Gasteiger partial charge in [-0.1, -0.05) is 18.2 Å². The van der Waals surface area contributed by atoms with Crippen LogP contribution in [0.3, 0.4) is 0 Å². The number of furan rings is 1. The summed E-state index contributed by atoms with van der Waals surface area (Å²) in [6.45, 7) is 7.52. The fourth-order valence-corrected chi connectivity index (χ4v) is 3.17. The third kappa shape index (κ3) is 3.83. The van der Waals surface area contributed by atoms with Crippen molar-refractivity contribution < 1.29 is 14.3 Å². The van der Waals surface area contributed by atoms with Crippen LogP contribution in [0.15, 0.2) is 41.0 Å². The summed E-state index contributed by atoms with van der Waals surface area (Å²) in [7, 11) is 0. The van der Waals surface area contributed by atoms with Crippen LogP contribution >= 0.6 is 0 Å². The average Bonchev–Trinajstić information content (AvgIpc) is 3.08. The van der Waals surface area contributed by atoms with Crippen LogP contribution in [0, 0.1) is 13.8 Å². The van der Waals surface area contributed by atoms with Gasteiger partial charge in [-0.25, -0.2) is 0 Å². The van der Waals surface area contributed by atoms with Gasteiger partial charge in [0.25, 0.3) is 0 Å². The molecule has 1 N–H and O–H groups in total. The van der Waals surface area contributed by atoms with E-state index in [0.717, 1.165) is 19.7 Å². The molecule has 0 saturated carbocycles. The maximum Gasteiger partial charge on any atom is 0.132 e. The molecule has 0 amide bonds. The second-order valence-electron chi connectivity index (χ2n) is 6.33. The molecule has 23 heavy (non-hydrogen) atoms. The van der Waals surface area contributed by atoms with Crippen LogP contribution in [0.5, 0.6) is 0 Å². The SMILES string of the molecule is Cc1cccc(CN2CCOCC2CC(O)c2ccco2)c1C. The first-order valence-electron chi connectivity index (χ1n) is 8.23. The van der Waals surface area contributed by atoms with E-state index in [1.807, 2.05) is 12.1 Å². The van der Waals surface area contributed by atoms with Gasteiger partial charge in [-0.15, -0.1) is 0 Å². The summed E-state index contributed by atoms with van der Waals surface area (Å²) in [6.07, 6.45) is 1.64. The summed E-state index contributed by atoms with van der Waals surface area (Å²) in [6, 6.07) is 10.3. The fraction of sp³-hybridized carbons (Fsp3) is 0.474. The summed E-state index contributed by atoms with van der Waals surface area (Å²) in [5, 5.41) is 10.4. The molecule has 1 aliphatic rings. The molecule has 1 saturated heterocycles. The molecule has 2 heterocycles. The zero-order valence-corrected chi connectivity index (χ0v) is 13.9. The minimum atomic E-state index is -0.585. The largest absolute Gasteiger partial charge is 0.467 e. The van der Waals surface area contributed by atoms with Gasteiger partial charge in [0.15, 0.2) is 0 Å². The van der Waals surface area contributed by atoms with E-state index in [4.69, 9.17) is 9.15 Å². The highest BCUT2D eigenvalue weighted by Gasteiger charge is 2.27. The quantitative estimate of drug-likeness (QED) is 0.920. The number of rotatable bonds is 5. The van der Waals surface area contributed by atoms with Crippen LogP contribution in [0.2, 0.25) is 0 Å². The maximum atomic E-state index is 10.4. The van der Waals surface area contributed by atoms with E-state index < -0.39 is 6.10 Å².